The number of hydrogen-bond donors (Lipinski definition) is 3. The summed E-state index contributed by atoms with van der Waals surface area (Å²) in [5, 5.41) is 9.63. The molecule has 2 saturated heterocycles. The first-order valence-electron chi connectivity index (χ1n) is 8.25. The van der Waals surface area contributed by atoms with Gasteiger partial charge < -0.3 is 24.5 Å². The third-order valence-corrected chi connectivity index (χ3v) is 4.80. The van der Waals surface area contributed by atoms with E-state index in [0.29, 0.717) is 25.3 Å². The summed E-state index contributed by atoms with van der Waals surface area (Å²) in [6.07, 6.45) is 2.25. The molecule has 0 radical (unpaired) electrons. The van der Waals surface area contributed by atoms with Gasteiger partial charge in [0.15, 0.2) is 5.79 Å². The standard InChI is InChI=1S/C17H21N3O4/c21-15-14(18-16(22)19-15)11-12-1-3-13(4-2-12)20-7-5-17(6-8-20)23-9-10-24-17/h1-4,21H,5-11H2,(H2,18,19,22). The number of rotatable bonds is 3. The SMILES string of the molecule is O=c1[nH]c(O)c(Cc2ccc(N3CCC4(CC3)OCCO4)cc2)[nH]1. The Morgan fingerprint density at radius 3 is 2.33 bits per heavy atom. The van der Waals surface area contributed by atoms with Crippen LogP contribution in [0, 0.1) is 0 Å². The molecule has 2 aliphatic rings. The molecule has 128 valence electrons. The van der Waals surface area contributed by atoms with Gasteiger partial charge in [0.25, 0.3) is 0 Å². The molecule has 0 saturated carbocycles. The van der Waals surface area contributed by atoms with Crippen LogP contribution in [0.5, 0.6) is 5.88 Å². The maximum Gasteiger partial charge on any atom is 0.325 e. The summed E-state index contributed by atoms with van der Waals surface area (Å²) >= 11 is 0. The highest BCUT2D eigenvalue weighted by Gasteiger charge is 2.39. The van der Waals surface area contributed by atoms with Crippen LogP contribution in [0.1, 0.15) is 24.1 Å². The first kappa shape index (κ1) is 15.3. The molecule has 1 spiro atoms. The van der Waals surface area contributed by atoms with E-state index in [1.54, 1.807) is 0 Å². The highest BCUT2D eigenvalue weighted by atomic mass is 16.7. The number of nitrogens with zero attached hydrogens (tertiary/aromatic N) is 1. The average molecular weight is 331 g/mol. The minimum atomic E-state index is -0.391. The van der Waals surface area contributed by atoms with Crippen LogP contribution in [0.4, 0.5) is 5.69 Å². The number of ether oxygens (including phenoxy) is 2. The van der Waals surface area contributed by atoms with E-state index < -0.39 is 5.69 Å². The number of imidazole rings is 1. The smallest absolute Gasteiger partial charge is 0.325 e. The van der Waals surface area contributed by atoms with Gasteiger partial charge in [-0.3, -0.25) is 4.98 Å². The predicted molar refractivity (Wildman–Crippen MR) is 88.4 cm³/mol. The third-order valence-electron chi connectivity index (χ3n) is 4.80. The molecule has 24 heavy (non-hydrogen) atoms. The number of hydrogen-bond acceptors (Lipinski definition) is 5. The molecule has 3 N–H and O–H groups in total. The maximum atomic E-state index is 11.2. The number of anilines is 1. The van der Waals surface area contributed by atoms with Gasteiger partial charge in [0.05, 0.1) is 18.9 Å². The largest absolute Gasteiger partial charge is 0.493 e. The van der Waals surface area contributed by atoms with Gasteiger partial charge in [-0.2, -0.15) is 0 Å². The Hall–Kier alpha value is -2.25. The van der Waals surface area contributed by atoms with E-state index in [1.165, 1.54) is 5.69 Å². The van der Waals surface area contributed by atoms with Crippen molar-refractivity contribution in [3.05, 3.63) is 46.0 Å². The number of H-pyrrole nitrogens is 2. The summed E-state index contributed by atoms with van der Waals surface area (Å²) in [6.45, 7) is 3.21. The van der Waals surface area contributed by atoms with Gasteiger partial charge >= 0.3 is 5.69 Å². The fourth-order valence-corrected chi connectivity index (χ4v) is 3.46. The lowest BCUT2D eigenvalue weighted by molar-refractivity contribution is -0.169. The van der Waals surface area contributed by atoms with E-state index in [0.717, 1.165) is 31.5 Å². The lowest BCUT2D eigenvalue weighted by Gasteiger charge is -2.38. The van der Waals surface area contributed by atoms with Crippen molar-refractivity contribution in [2.24, 2.45) is 0 Å². The summed E-state index contributed by atoms with van der Waals surface area (Å²) in [5.41, 5.74) is 2.31. The average Bonchev–Trinajstić information content (AvgIpc) is 3.16. The van der Waals surface area contributed by atoms with Crippen molar-refractivity contribution >= 4 is 5.69 Å². The van der Waals surface area contributed by atoms with Gasteiger partial charge in [0.2, 0.25) is 5.88 Å². The molecular formula is C17H21N3O4. The van der Waals surface area contributed by atoms with Crippen LogP contribution in [0.3, 0.4) is 0 Å². The van der Waals surface area contributed by atoms with E-state index in [-0.39, 0.29) is 11.7 Å². The highest BCUT2D eigenvalue weighted by molar-refractivity contribution is 5.48. The molecule has 2 aliphatic heterocycles. The van der Waals surface area contributed by atoms with Gasteiger partial charge in [-0.25, -0.2) is 4.79 Å². The van der Waals surface area contributed by atoms with Gasteiger partial charge in [0, 0.05) is 38.0 Å². The summed E-state index contributed by atoms with van der Waals surface area (Å²) in [4.78, 5) is 18.4. The Labute approximate surface area is 139 Å². The molecule has 7 nitrogen and oxygen atoms in total. The van der Waals surface area contributed by atoms with Crippen molar-refractivity contribution in [3.63, 3.8) is 0 Å². The summed E-state index contributed by atoms with van der Waals surface area (Å²) in [7, 11) is 0. The molecule has 7 heteroatoms. The predicted octanol–water partition coefficient (Wildman–Crippen LogP) is 1.34. The number of nitrogens with one attached hydrogen (secondary N) is 2. The van der Waals surface area contributed by atoms with Crippen molar-refractivity contribution in [1.29, 1.82) is 0 Å². The van der Waals surface area contributed by atoms with Crippen molar-refractivity contribution in [2.45, 2.75) is 25.0 Å². The Balaban J connectivity index is 1.41. The lowest BCUT2D eigenvalue weighted by atomic mass is 10.0. The van der Waals surface area contributed by atoms with Crippen molar-refractivity contribution in [3.8, 4) is 5.88 Å². The van der Waals surface area contributed by atoms with Gasteiger partial charge in [0.1, 0.15) is 0 Å². The van der Waals surface area contributed by atoms with Gasteiger partial charge in [-0.05, 0) is 17.7 Å². The maximum absolute atomic E-state index is 11.2. The fourth-order valence-electron chi connectivity index (χ4n) is 3.46. The van der Waals surface area contributed by atoms with Gasteiger partial charge in [-0.15, -0.1) is 0 Å². The molecule has 2 fully saturated rings. The van der Waals surface area contributed by atoms with Crippen LogP contribution >= 0.6 is 0 Å². The quantitative estimate of drug-likeness (QED) is 0.790. The lowest BCUT2D eigenvalue weighted by Crippen LogP contribution is -2.45. The Morgan fingerprint density at radius 2 is 1.75 bits per heavy atom. The first-order chi connectivity index (χ1) is 11.6. The van der Waals surface area contributed by atoms with Gasteiger partial charge in [-0.1, -0.05) is 12.1 Å². The van der Waals surface area contributed by atoms with E-state index in [9.17, 15) is 9.90 Å². The molecule has 0 atom stereocenters. The zero-order valence-corrected chi connectivity index (χ0v) is 13.4. The number of aromatic amines is 2. The minimum absolute atomic E-state index is 0.0954. The molecule has 0 unspecified atom stereocenters. The molecule has 3 heterocycles. The van der Waals surface area contributed by atoms with Crippen LogP contribution in [0.2, 0.25) is 0 Å². The second kappa shape index (κ2) is 5.99. The normalized spacial score (nSPS) is 19.9. The van der Waals surface area contributed by atoms with E-state index >= 15 is 0 Å². The van der Waals surface area contributed by atoms with Crippen LogP contribution in [-0.4, -0.2) is 47.2 Å². The van der Waals surface area contributed by atoms with E-state index in [1.807, 2.05) is 12.1 Å². The number of aromatic nitrogens is 2. The Morgan fingerprint density at radius 1 is 1.08 bits per heavy atom. The Kier molecular flexibility index (Phi) is 3.82. The molecule has 0 aliphatic carbocycles. The van der Waals surface area contributed by atoms with E-state index in [2.05, 4.69) is 27.0 Å². The van der Waals surface area contributed by atoms with Crippen LogP contribution < -0.4 is 10.6 Å². The molecule has 0 bridgehead atoms. The number of aromatic hydroxyl groups is 1. The zero-order chi connectivity index (χ0) is 16.6. The van der Waals surface area contributed by atoms with Crippen molar-refractivity contribution in [1.82, 2.24) is 9.97 Å². The molecular weight excluding hydrogens is 310 g/mol. The summed E-state index contributed by atoms with van der Waals surface area (Å²) in [6, 6.07) is 8.19. The summed E-state index contributed by atoms with van der Waals surface area (Å²) < 4.78 is 11.5. The van der Waals surface area contributed by atoms with Crippen molar-refractivity contribution < 1.29 is 14.6 Å². The highest BCUT2D eigenvalue weighted by Crippen LogP contribution is 2.33. The molecule has 2 aromatic rings. The second-order valence-corrected chi connectivity index (χ2v) is 6.34. The zero-order valence-electron chi connectivity index (χ0n) is 13.4. The second-order valence-electron chi connectivity index (χ2n) is 6.34. The fraction of sp³-hybridized carbons (Fsp3) is 0.471. The molecule has 1 aromatic heterocycles. The molecule has 4 rings (SSSR count). The van der Waals surface area contributed by atoms with Crippen LogP contribution in [0.15, 0.2) is 29.1 Å². The summed E-state index contributed by atoms with van der Waals surface area (Å²) in [5.74, 6) is -0.448. The number of benzene rings is 1. The third kappa shape index (κ3) is 2.92. The molecule has 0 amide bonds. The monoisotopic (exact) mass is 331 g/mol. The van der Waals surface area contributed by atoms with E-state index in [4.69, 9.17) is 9.47 Å². The topological polar surface area (TPSA) is 90.6 Å². The Bertz CT molecular complexity index is 749. The van der Waals surface area contributed by atoms with Crippen LogP contribution in [0.25, 0.3) is 0 Å². The first-order valence-corrected chi connectivity index (χ1v) is 8.25. The number of piperidine rings is 1. The molecule has 1 aromatic carbocycles. The van der Waals surface area contributed by atoms with Crippen LogP contribution in [-0.2, 0) is 15.9 Å². The van der Waals surface area contributed by atoms with Crippen molar-refractivity contribution in [2.75, 3.05) is 31.2 Å². The minimum Gasteiger partial charge on any atom is -0.493 e.